The van der Waals surface area contributed by atoms with E-state index in [4.69, 9.17) is 22.1 Å². The molecule has 1 fully saturated rings. The molecular formula is C17H19ClN6O. The molecule has 25 heavy (non-hydrogen) atoms. The summed E-state index contributed by atoms with van der Waals surface area (Å²) in [5.74, 6) is 1.05. The minimum absolute atomic E-state index is 0.201. The molecule has 7 nitrogen and oxygen atoms in total. The monoisotopic (exact) mass is 358 g/mol. The lowest BCUT2D eigenvalue weighted by Gasteiger charge is -2.12. The third-order valence-corrected chi connectivity index (χ3v) is 4.62. The van der Waals surface area contributed by atoms with E-state index in [2.05, 4.69) is 20.4 Å². The third-order valence-electron chi connectivity index (χ3n) is 4.37. The van der Waals surface area contributed by atoms with Crippen molar-refractivity contribution in [1.29, 1.82) is 0 Å². The van der Waals surface area contributed by atoms with E-state index in [1.54, 1.807) is 11.7 Å². The number of rotatable bonds is 4. The maximum absolute atomic E-state index is 6.18. The number of hydrogen-bond acceptors (Lipinski definition) is 6. The molecule has 1 aromatic carbocycles. The van der Waals surface area contributed by atoms with Gasteiger partial charge in [0.15, 0.2) is 5.65 Å². The number of nitrogens with two attached hydrogens (primary N) is 1. The van der Waals surface area contributed by atoms with Crippen LogP contribution in [0, 0.1) is 0 Å². The number of halogens is 1. The van der Waals surface area contributed by atoms with Gasteiger partial charge in [-0.25, -0.2) is 4.98 Å². The minimum Gasteiger partial charge on any atom is -0.383 e. The van der Waals surface area contributed by atoms with Crippen molar-refractivity contribution in [3.8, 4) is 11.3 Å². The second-order valence-electron chi connectivity index (χ2n) is 6.13. The molecule has 0 spiro atoms. The van der Waals surface area contributed by atoms with Gasteiger partial charge < -0.3 is 15.8 Å². The van der Waals surface area contributed by atoms with Crippen molar-refractivity contribution in [2.75, 3.05) is 24.2 Å². The first-order valence-corrected chi connectivity index (χ1v) is 8.61. The summed E-state index contributed by atoms with van der Waals surface area (Å²) >= 11 is 6.01. The Balaban J connectivity index is 1.76. The summed E-state index contributed by atoms with van der Waals surface area (Å²) in [6, 6.07) is 7.49. The van der Waals surface area contributed by atoms with E-state index in [0.29, 0.717) is 29.0 Å². The minimum atomic E-state index is 0.201. The molecule has 1 aliphatic heterocycles. The molecule has 4 rings (SSSR count). The van der Waals surface area contributed by atoms with Gasteiger partial charge in [0.1, 0.15) is 5.82 Å². The summed E-state index contributed by atoms with van der Waals surface area (Å²) in [5, 5.41) is 9.08. The highest BCUT2D eigenvalue weighted by Crippen LogP contribution is 2.31. The second kappa shape index (κ2) is 6.50. The quantitative estimate of drug-likeness (QED) is 0.745. The molecule has 8 heteroatoms. The van der Waals surface area contributed by atoms with Crippen molar-refractivity contribution in [2.45, 2.75) is 18.9 Å². The molecule has 3 heterocycles. The summed E-state index contributed by atoms with van der Waals surface area (Å²) in [6.07, 6.45) is 2.35. The lowest BCUT2D eigenvalue weighted by Crippen LogP contribution is -2.19. The molecular weight excluding hydrogens is 340 g/mol. The molecule has 1 unspecified atom stereocenters. The number of aromatic nitrogens is 4. The largest absolute Gasteiger partial charge is 0.383 e. The van der Waals surface area contributed by atoms with Crippen LogP contribution in [0.25, 0.3) is 22.3 Å². The van der Waals surface area contributed by atoms with Gasteiger partial charge >= 0.3 is 0 Å². The summed E-state index contributed by atoms with van der Waals surface area (Å²) in [6.45, 7) is 1.49. The van der Waals surface area contributed by atoms with E-state index in [0.717, 1.165) is 36.1 Å². The fourth-order valence-electron chi connectivity index (χ4n) is 3.02. The van der Waals surface area contributed by atoms with Crippen LogP contribution in [0.5, 0.6) is 0 Å². The van der Waals surface area contributed by atoms with Gasteiger partial charge in [0.25, 0.3) is 0 Å². The number of benzene rings is 1. The Bertz CT molecular complexity index is 902. The van der Waals surface area contributed by atoms with E-state index >= 15 is 0 Å². The lowest BCUT2D eigenvalue weighted by molar-refractivity contribution is 0.120. The molecule has 0 bridgehead atoms. The van der Waals surface area contributed by atoms with Gasteiger partial charge in [-0.15, -0.1) is 0 Å². The molecule has 0 radical (unpaired) electrons. The predicted molar refractivity (Wildman–Crippen MR) is 98.6 cm³/mol. The number of aryl methyl sites for hydroxylation is 1. The average molecular weight is 359 g/mol. The molecule has 2 aromatic heterocycles. The number of fused-ring (bicyclic) bond motifs is 1. The maximum atomic E-state index is 6.18. The summed E-state index contributed by atoms with van der Waals surface area (Å²) in [7, 11) is 1.79. The second-order valence-corrected chi connectivity index (χ2v) is 6.56. The highest BCUT2D eigenvalue weighted by atomic mass is 35.5. The smallest absolute Gasteiger partial charge is 0.225 e. The average Bonchev–Trinajstić information content (AvgIpc) is 3.22. The number of nitrogens with zero attached hydrogens (tertiary/aromatic N) is 4. The zero-order chi connectivity index (χ0) is 17.4. The van der Waals surface area contributed by atoms with Crippen LogP contribution in [0.2, 0.25) is 5.02 Å². The van der Waals surface area contributed by atoms with E-state index in [-0.39, 0.29) is 6.10 Å². The first-order chi connectivity index (χ1) is 12.1. The number of nitrogens with one attached hydrogen (secondary N) is 1. The number of ether oxygens (including phenoxy) is 1. The van der Waals surface area contributed by atoms with Crippen molar-refractivity contribution < 1.29 is 4.74 Å². The Labute approximate surface area is 150 Å². The van der Waals surface area contributed by atoms with Crippen LogP contribution in [0.15, 0.2) is 24.3 Å². The van der Waals surface area contributed by atoms with Crippen molar-refractivity contribution in [3.05, 3.63) is 29.3 Å². The summed E-state index contributed by atoms with van der Waals surface area (Å²) in [4.78, 5) is 9.19. The third kappa shape index (κ3) is 3.12. The first kappa shape index (κ1) is 16.1. The van der Waals surface area contributed by atoms with Crippen LogP contribution in [-0.2, 0) is 11.8 Å². The molecule has 0 saturated carbocycles. The number of nitrogen functional groups attached to an aromatic ring is 1. The van der Waals surface area contributed by atoms with Crippen molar-refractivity contribution in [2.24, 2.45) is 7.05 Å². The normalized spacial score (nSPS) is 17.3. The maximum Gasteiger partial charge on any atom is 0.225 e. The van der Waals surface area contributed by atoms with Crippen molar-refractivity contribution >= 4 is 34.4 Å². The van der Waals surface area contributed by atoms with Crippen LogP contribution in [-0.4, -0.2) is 39.0 Å². The Morgan fingerprint density at radius 3 is 2.84 bits per heavy atom. The topological polar surface area (TPSA) is 90.9 Å². The van der Waals surface area contributed by atoms with Gasteiger partial charge in [-0.05, 0) is 25.0 Å². The van der Waals surface area contributed by atoms with Gasteiger partial charge in [-0.3, -0.25) is 4.68 Å². The SMILES string of the molecule is Cn1nc2nc(NCC3CCCO3)nc(-c3ccc(Cl)cc3)c2c1N. The zero-order valence-electron chi connectivity index (χ0n) is 13.9. The van der Waals surface area contributed by atoms with Crippen LogP contribution >= 0.6 is 11.6 Å². The summed E-state index contributed by atoms with van der Waals surface area (Å²) < 4.78 is 7.25. The number of anilines is 2. The first-order valence-electron chi connectivity index (χ1n) is 8.23. The highest BCUT2D eigenvalue weighted by molar-refractivity contribution is 6.30. The van der Waals surface area contributed by atoms with Gasteiger partial charge in [0.2, 0.25) is 5.95 Å². The van der Waals surface area contributed by atoms with E-state index in [1.807, 2.05) is 24.3 Å². The van der Waals surface area contributed by atoms with Crippen LogP contribution in [0.1, 0.15) is 12.8 Å². The predicted octanol–water partition coefficient (Wildman–Crippen LogP) is 2.86. The Morgan fingerprint density at radius 2 is 2.12 bits per heavy atom. The van der Waals surface area contributed by atoms with Gasteiger partial charge in [-0.2, -0.15) is 10.1 Å². The fourth-order valence-corrected chi connectivity index (χ4v) is 3.15. The van der Waals surface area contributed by atoms with Crippen LogP contribution in [0.3, 0.4) is 0 Å². The fraction of sp³-hybridized carbons (Fsp3) is 0.353. The van der Waals surface area contributed by atoms with Crippen LogP contribution in [0.4, 0.5) is 11.8 Å². The van der Waals surface area contributed by atoms with E-state index in [9.17, 15) is 0 Å². The Hall–Kier alpha value is -2.38. The molecule has 1 aliphatic rings. The van der Waals surface area contributed by atoms with E-state index in [1.165, 1.54) is 0 Å². The highest BCUT2D eigenvalue weighted by Gasteiger charge is 2.19. The van der Waals surface area contributed by atoms with Crippen LogP contribution < -0.4 is 11.1 Å². The molecule has 130 valence electrons. The molecule has 3 aromatic rings. The lowest BCUT2D eigenvalue weighted by atomic mass is 10.1. The van der Waals surface area contributed by atoms with Gasteiger partial charge in [0.05, 0.1) is 17.2 Å². The van der Waals surface area contributed by atoms with E-state index < -0.39 is 0 Å². The van der Waals surface area contributed by atoms with Gasteiger partial charge in [-0.1, -0.05) is 23.7 Å². The molecule has 3 N–H and O–H groups in total. The standard InChI is InChI=1S/C17H19ClN6O/c1-24-15(19)13-14(10-4-6-11(18)7-5-10)21-17(22-16(13)23-24)20-9-12-3-2-8-25-12/h4-7,12H,2-3,8-9,19H2,1H3,(H,20,22,23). The Kier molecular flexibility index (Phi) is 4.19. The summed E-state index contributed by atoms with van der Waals surface area (Å²) in [5.41, 5.74) is 8.40. The molecule has 0 amide bonds. The van der Waals surface area contributed by atoms with Gasteiger partial charge in [0, 0.05) is 30.8 Å². The molecule has 0 aliphatic carbocycles. The van der Waals surface area contributed by atoms with Crippen molar-refractivity contribution in [1.82, 2.24) is 19.7 Å². The molecule has 1 atom stereocenters. The number of hydrogen-bond donors (Lipinski definition) is 2. The zero-order valence-corrected chi connectivity index (χ0v) is 14.6. The molecule has 1 saturated heterocycles. The van der Waals surface area contributed by atoms with Crippen molar-refractivity contribution in [3.63, 3.8) is 0 Å². The Morgan fingerprint density at radius 1 is 1.32 bits per heavy atom.